The van der Waals surface area contributed by atoms with Gasteiger partial charge < -0.3 is 14.8 Å². The molecule has 1 aliphatic heterocycles. The van der Waals surface area contributed by atoms with Crippen LogP contribution < -0.4 is 14.8 Å². The van der Waals surface area contributed by atoms with Gasteiger partial charge in [0.2, 0.25) is 6.79 Å². The van der Waals surface area contributed by atoms with Crippen LogP contribution in [-0.2, 0) is 6.54 Å². The molecule has 0 spiro atoms. The van der Waals surface area contributed by atoms with Gasteiger partial charge >= 0.3 is 0 Å². The predicted molar refractivity (Wildman–Crippen MR) is 82.0 cm³/mol. The Bertz CT molecular complexity index is 469. The van der Waals surface area contributed by atoms with Crippen molar-refractivity contribution in [2.45, 2.75) is 37.1 Å². The van der Waals surface area contributed by atoms with Crippen molar-refractivity contribution >= 4 is 27.7 Å². The van der Waals surface area contributed by atoms with Crippen LogP contribution in [0.3, 0.4) is 0 Å². The smallest absolute Gasteiger partial charge is 0.231 e. The quantitative estimate of drug-likeness (QED) is 0.905. The molecule has 1 N–H and O–H groups in total. The topological polar surface area (TPSA) is 30.5 Å². The lowest BCUT2D eigenvalue weighted by Crippen LogP contribution is -2.33. The summed E-state index contributed by atoms with van der Waals surface area (Å²) in [4.78, 5) is 0. The molecular weight excluding hydrogens is 326 g/mol. The maximum absolute atomic E-state index is 5.43. The van der Waals surface area contributed by atoms with Gasteiger partial charge in [-0.3, -0.25) is 0 Å². The maximum atomic E-state index is 5.43. The van der Waals surface area contributed by atoms with Crippen LogP contribution in [0.5, 0.6) is 11.5 Å². The van der Waals surface area contributed by atoms with Crippen LogP contribution in [0.4, 0.5) is 0 Å². The third-order valence-corrected chi connectivity index (χ3v) is 5.76. The molecule has 1 heterocycles. The van der Waals surface area contributed by atoms with E-state index in [0.29, 0.717) is 12.8 Å². The van der Waals surface area contributed by atoms with Crippen LogP contribution in [0.2, 0.25) is 0 Å². The summed E-state index contributed by atoms with van der Waals surface area (Å²) in [5, 5.41) is 4.44. The molecule has 104 valence electrons. The Kier molecular flexibility index (Phi) is 4.24. The van der Waals surface area contributed by atoms with Gasteiger partial charge in [0.25, 0.3) is 0 Å². The Morgan fingerprint density at radius 1 is 1.32 bits per heavy atom. The predicted octanol–water partition coefficient (Wildman–Crippen LogP) is 3.55. The molecule has 0 saturated heterocycles. The highest BCUT2D eigenvalue weighted by Gasteiger charge is 2.26. The Balaban J connectivity index is 1.67. The van der Waals surface area contributed by atoms with E-state index in [2.05, 4.69) is 33.6 Å². The van der Waals surface area contributed by atoms with Crippen molar-refractivity contribution in [3.8, 4) is 11.5 Å². The van der Waals surface area contributed by atoms with E-state index in [-0.39, 0.29) is 0 Å². The normalized spacial score (nSPS) is 24.9. The summed E-state index contributed by atoms with van der Waals surface area (Å²) in [7, 11) is 0. The van der Waals surface area contributed by atoms with Crippen LogP contribution in [0.15, 0.2) is 16.6 Å². The summed E-state index contributed by atoms with van der Waals surface area (Å²) in [6.45, 7) is 1.20. The van der Waals surface area contributed by atoms with Crippen LogP contribution in [-0.4, -0.2) is 24.3 Å². The highest BCUT2D eigenvalue weighted by molar-refractivity contribution is 9.10. The molecule has 5 heteroatoms. The maximum Gasteiger partial charge on any atom is 0.231 e. The Labute approximate surface area is 126 Å². The van der Waals surface area contributed by atoms with E-state index in [1.165, 1.54) is 24.8 Å². The monoisotopic (exact) mass is 343 g/mol. The molecule has 3 nitrogen and oxygen atoms in total. The minimum absolute atomic E-state index is 0.329. The molecule has 2 atom stereocenters. The number of hydrogen-bond donors (Lipinski definition) is 1. The van der Waals surface area contributed by atoms with E-state index in [9.17, 15) is 0 Å². The number of rotatable bonds is 4. The molecule has 2 unspecified atom stereocenters. The number of hydrogen-bond acceptors (Lipinski definition) is 4. The number of thioether (sulfide) groups is 1. The molecule has 19 heavy (non-hydrogen) atoms. The lowest BCUT2D eigenvalue weighted by molar-refractivity contribution is 0.174. The first-order valence-corrected chi connectivity index (χ1v) is 8.70. The van der Waals surface area contributed by atoms with Gasteiger partial charge in [-0.1, -0.05) is 22.4 Å². The lowest BCUT2D eigenvalue weighted by Gasteiger charge is -2.19. The summed E-state index contributed by atoms with van der Waals surface area (Å²) in [6.07, 6.45) is 6.17. The number of halogens is 1. The number of fused-ring (bicyclic) bond motifs is 1. The number of nitrogens with one attached hydrogen (secondary N) is 1. The van der Waals surface area contributed by atoms with Gasteiger partial charge in [0.05, 0.1) is 0 Å². The van der Waals surface area contributed by atoms with Gasteiger partial charge in [-0.05, 0) is 36.8 Å². The third-order valence-electron chi connectivity index (χ3n) is 3.85. The highest BCUT2D eigenvalue weighted by atomic mass is 79.9. The van der Waals surface area contributed by atoms with Gasteiger partial charge in [0, 0.05) is 22.3 Å². The second kappa shape index (κ2) is 5.94. The first-order valence-electron chi connectivity index (χ1n) is 6.62. The zero-order valence-electron chi connectivity index (χ0n) is 10.9. The minimum atomic E-state index is 0.329. The average Bonchev–Trinajstić information content (AvgIpc) is 3.03. The van der Waals surface area contributed by atoms with Crippen molar-refractivity contribution in [1.82, 2.24) is 5.32 Å². The van der Waals surface area contributed by atoms with Crippen LogP contribution >= 0.6 is 27.7 Å². The Morgan fingerprint density at radius 3 is 2.89 bits per heavy atom. The molecule has 2 aliphatic rings. The molecule has 1 aromatic rings. The Hall–Kier alpha value is -0.390. The fourth-order valence-electron chi connectivity index (χ4n) is 2.78. The largest absolute Gasteiger partial charge is 0.454 e. The summed E-state index contributed by atoms with van der Waals surface area (Å²) in [5.74, 6) is 1.69. The summed E-state index contributed by atoms with van der Waals surface area (Å²) >= 11 is 5.59. The van der Waals surface area contributed by atoms with E-state index in [1.54, 1.807) is 0 Å². The van der Waals surface area contributed by atoms with E-state index >= 15 is 0 Å². The molecule has 1 saturated carbocycles. The molecule has 1 aromatic carbocycles. The SMILES string of the molecule is CSC1CCCC1NCc1cc2c(cc1Br)OCO2. The highest BCUT2D eigenvalue weighted by Crippen LogP contribution is 2.37. The zero-order chi connectivity index (χ0) is 13.2. The second-order valence-electron chi connectivity index (χ2n) is 4.99. The molecule has 1 fully saturated rings. The number of benzene rings is 1. The van der Waals surface area contributed by atoms with Crippen molar-refractivity contribution in [2.75, 3.05) is 13.0 Å². The van der Waals surface area contributed by atoms with E-state index in [4.69, 9.17) is 9.47 Å². The number of ether oxygens (including phenoxy) is 2. The molecule has 0 radical (unpaired) electrons. The molecular formula is C14H18BrNO2S. The molecule has 1 aliphatic carbocycles. The van der Waals surface area contributed by atoms with E-state index < -0.39 is 0 Å². The molecule has 3 rings (SSSR count). The summed E-state index contributed by atoms with van der Waals surface area (Å²) in [6, 6.07) is 4.70. The fraction of sp³-hybridized carbons (Fsp3) is 0.571. The van der Waals surface area contributed by atoms with Crippen LogP contribution in [0.25, 0.3) is 0 Å². The lowest BCUT2D eigenvalue weighted by atomic mass is 10.1. The van der Waals surface area contributed by atoms with Crippen LogP contribution in [0.1, 0.15) is 24.8 Å². The van der Waals surface area contributed by atoms with Gasteiger partial charge in [0.15, 0.2) is 11.5 Å². The van der Waals surface area contributed by atoms with Crippen molar-refractivity contribution in [3.63, 3.8) is 0 Å². The van der Waals surface area contributed by atoms with Crippen molar-refractivity contribution < 1.29 is 9.47 Å². The van der Waals surface area contributed by atoms with Gasteiger partial charge in [-0.25, -0.2) is 0 Å². The van der Waals surface area contributed by atoms with Crippen molar-refractivity contribution in [2.24, 2.45) is 0 Å². The third kappa shape index (κ3) is 2.88. The van der Waals surface area contributed by atoms with E-state index in [1.807, 2.05) is 17.8 Å². The van der Waals surface area contributed by atoms with Gasteiger partial charge in [0.1, 0.15) is 0 Å². The first-order chi connectivity index (χ1) is 9.28. The van der Waals surface area contributed by atoms with E-state index in [0.717, 1.165) is 27.8 Å². The summed E-state index contributed by atoms with van der Waals surface area (Å²) in [5.41, 5.74) is 1.23. The van der Waals surface area contributed by atoms with Crippen LogP contribution in [0, 0.1) is 0 Å². The van der Waals surface area contributed by atoms with Gasteiger partial charge in [-0.2, -0.15) is 11.8 Å². The van der Waals surface area contributed by atoms with Crippen molar-refractivity contribution in [1.29, 1.82) is 0 Å². The molecule has 0 aromatic heterocycles. The standard InChI is InChI=1S/C14H18BrNO2S/c1-19-14-4-2-3-11(14)16-7-9-5-12-13(6-10(9)15)18-8-17-12/h5-6,11,14,16H,2-4,7-8H2,1H3. The average molecular weight is 344 g/mol. The minimum Gasteiger partial charge on any atom is -0.454 e. The summed E-state index contributed by atoms with van der Waals surface area (Å²) < 4.78 is 11.9. The Morgan fingerprint density at radius 2 is 2.11 bits per heavy atom. The molecule has 0 bridgehead atoms. The second-order valence-corrected chi connectivity index (χ2v) is 6.92. The first kappa shape index (κ1) is 13.6. The van der Waals surface area contributed by atoms with Gasteiger partial charge in [-0.15, -0.1) is 0 Å². The van der Waals surface area contributed by atoms with Crippen molar-refractivity contribution in [3.05, 3.63) is 22.2 Å². The zero-order valence-corrected chi connectivity index (χ0v) is 13.4. The molecule has 0 amide bonds. The fourth-order valence-corrected chi connectivity index (χ4v) is 4.20.